The summed E-state index contributed by atoms with van der Waals surface area (Å²) in [5.41, 5.74) is 8.28. The normalized spacial score (nSPS) is 13.8. The summed E-state index contributed by atoms with van der Waals surface area (Å²) < 4.78 is 10.4. The minimum atomic E-state index is -1.27. The first kappa shape index (κ1) is 43.0. The number of anilines is 1. The molecule has 1 unspecified atom stereocenters. The van der Waals surface area contributed by atoms with E-state index in [4.69, 9.17) is 25.3 Å². The molecule has 0 saturated carbocycles. The Bertz CT molecular complexity index is 1700. The van der Waals surface area contributed by atoms with Crippen molar-refractivity contribution in [2.75, 3.05) is 46.2 Å². The number of likely N-dealkylation sites (tertiary alicyclic amines) is 1. The highest BCUT2D eigenvalue weighted by Crippen LogP contribution is 2.27. The number of aromatic nitrogens is 1. The number of hydrogen-bond donors (Lipinski definition) is 6. The largest absolute Gasteiger partial charge is 0.493 e. The van der Waals surface area contributed by atoms with Gasteiger partial charge in [0.2, 0.25) is 11.7 Å². The SMILES string of the molecule is C/C=C(\C)B(O)O.COc1ccc(CNC(=O)C(=O)C2CCCN2C)cc1OC.NCCCC(=O)Nc1cccc2c(C(=O)NCC=O)ccnc12. The monoisotopic (exact) mass is 720 g/mol. The summed E-state index contributed by atoms with van der Waals surface area (Å²) in [6.07, 6.45) is 6.40. The quantitative estimate of drug-likeness (QED) is 0.0797. The number of rotatable bonds is 14. The Kier molecular flexibility index (Phi) is 18.7. The first-order chi connectivity index (χ1) is 24.9. The number of allylic oxidation sites excluding steroid dienone is 2. The van der Waals surface area contributed by atoms with Crippen molar-refractivity contribution in [3.8, 4) is 11.5 Å². The average Bonchev–Trinajstić information content (AvgIpc) is 3.60. The highest BCUT2D eigenvalue weighted by Gasteiger charge is 2.31. The number of nitrogens with zero attached hydrogens (tertiary/aromatic N) is 2. The number of ether oxygens (including phenoxy) is 2. The van der Waals surface area contributed by atoms with E-state index < -0.39 is 13.0 Å². The number of amides is 3. The van der Waals surface area contributed by atoms with Crippen LogP contribution in [0.5, 0.6) is 11.5 Å². The Hall–Kier alpha value is -5.16. The first-order valence-electron chi connectivity index (χ1n) is 16.7. The number of nitrogens with two attached hydrogens (primary N) is 1. The van der Waals surface area contributed by atoms with Crippen molar-refractivity contribution < 1.29 is 43.5 Å². The van der Waals surface area contributed by atoms with Crippen molar-refractivity contribution in [1.82, 2.24) is 20.5 Å². The second-order valence-corrected chi connectivity index (χ2v) is 11.7. The fourth-order valence-electron chi connectivity index (χ4n) is 4.98. The summed E-state index contributed by atoms with van der Waals surface area (Å²) in [6, 6.07) is 11.9. The zero-order chi connectivity index (χ0) is 38.6. The smallest absolute Gasteiger partial charge is 0.483 e. The van der Waals surface area contributed by atoms with Crippen LogP contribution in [0.25, 0.3) is 10.9 Å². The van der Waals surface area contributed by atoms with Gasteiger partial charge in [-0.25, -0.2) is 0 Å². The third-order valence-corrected chi connectivity index (χ3v) is 8.05. The molecule has 0 spiro atoms. The van der Waals surface area contributed by atoms with Gasteiger partial charge in [-0.3, -0.25) is 29.1 Å². The lowest BCUT2D eigenvalue weighted by Crippen LogP contribution is -2.42. The number of likely N-dealkylation sites (N-methyl/N-ethyl adjacent to an activating group) is 1. The molecule has 1 fully saturated rings. The molecule has 0 aliphatic carbocycles. The molecule has 0 bridgehead atoms. The van der Waals surface area contributed by atoms with Gasteiger partial charge in [-0.15, -0.1) is 0 Å². The standard InChI is InChI=1S/C16H18N4O3.C16H22N2O4.C4H9BO2/c17-7-2-5-14(22)20-13-4-1-3-11-12(6-8-18-15(11)13)16(23)19-9-10-21;1-18-8-4-5-12(18)15(19)16(20)17-10-11-6-7-13(21-2)14(9-11)22-3;1-3-4(2)5(6)7/h1,3-4,6,8,10H,2,5,7,9,17H2,(H,19,23)(H,20,22);6-7,9,12H,4-5,8,10H2,1-3H3,(H,17,20);3,6-7H,1-2H3/b;;4-3+. The summed E-state index contributed by atoms with van der Waals surface area (Å²) in [6.45, 7) is 4.95. The van der Waals surface area contributed by atoms with Gasteiger partial charge >= 0.3 is 7.12 Å². The van der Waals surface area contributed by atoms with Crippen LogP contribution in [-0.4, -0.2) is 104 Å². The zero-order valence-electron chi connectivity index (χ0n) is 30.3. The molecule has 2 heterocycles. The number of pyridine rings is 1. The Labute approximate surface area is 304 Å². The number of carbonyl (C=O) groups is 5. The van der Waals surface area contributed by atoms with Gasteiger partial charge < -0.3 is 46.0 Å². The summed E-state index contributed by atoms with van der Waals surface area (Å²) in [4.78, 5) is 64.6. The predicted octanol–water partition coefficient (Wildman–Crippen LogP) is 1.79. The van der Waals surface area contributed by atoms with Gasteiger partial charge in [0.25, 0.3) is 11.8 Å². The molecule has 16 heteroatoms. The van der Waals surface area contributed by atoms with Gasteiger partial charge in [-0.2, -0.15) is 0 Å². The Balaban J connectivity index is 0.000000305. The van der Waals surface area contributed by atoms with Crippen LogP contribution in [0.4, 0.5) is 5.69 Å². The number of fused-ring (bicyclic) bond motifs is 1. The molecule has 52 heavy (non-hydrogen) atoms. The fraction of sp³-hybridized carbons (Fsp3) is 0.389. The number of ketones is 1. The second kappa shape index (κ2) is 22.6. The van der Waals surface area contributed by atoms with E-state index in [1.807, 2.05) is 18.0 Å². The Morgan fingerprint density at radius 3 is 2.38 bits per heavy atom. The van der Waals surface area contributed by atoms with Gasteiger partial charge in [0, 0.05) is 24.5 Å². The molecule has 0 radical (unpaired) electrons. The van der Waals surface area contributed by atoms with Crippen molar-refractivity contribution in [3.05, 3.63) is 71.3 Å². The van der Waals surface area contributed by atoms with Crippen LogP contribution >= 0.6 is 0 Å². The molecular formula is C36H49BN6O9. The van der Waals surface area contributed by atoms with Crippen LogP contribution in [0.3, 0.4) is 0 Å². The molecule has 3 amide bonds. The molecule has 3 aromatic rings. The Morgan fingerprint density at radius 1 is 1.08 bits per heavy atom. The molecule has 1 saturated heterocycles. The number of methoxy groups -OCH3 is 2. The lowest BCUT2D eigenvalue weighted by atomic mass is 9.81. The van der Waals surface area contributed by atoms with Crippen molar-refractivity contribution in [3.63, 3.8) is 0 Å². The number of Topliss-reactive ketones (excluding diaryl/α,β-unsaturated/α-hetero) is 1. The molecular weight excluding hydrogens is 671 g/mol. The minimum Gasteiger partial charge on any atom is -0.493 e. The van der Waals surface area contributed by atoms with E-state index in [0.29, 0.717) is 64.8 Å². The van der Waals surface area contributed by atoms with Crippen LogP contribution in [0.2, 0.25) is 0 Å². The van der Waals surface area contributed by atoms with Gasteiger partial charge in [-0.1, -0.05) is 24.3 Å². The highest BCUT2D eigenvalue weighted by molar-refractivity contribution is 6.50. The van der Waals surface area contributed by atoms with E-state index in [-0.39, 0.29) is 36.7 Å². The third kappa shape index (κ3) is 13.2. The van der Waals surface area contributed by atoms with Gasteiger partial charge in [0.15, 0.2) is 11.5 Å². The molecule has 15 nitrogen and oxygen atoms in total. The fourth-order valence-corrected chi connectivity index (χ4v) is 4.98. The first-order valence-corrected chi connectivity index (χ1v) is 16.7. The van der Waals surface area contributed by atoms with E-state index >= 15 is 0 Å². The summed E-state index contributed by atoms with van der Waals surface area (Å²) >= 11 is 0. The minimum absolute atomic E-state index is 0.0574. The molecule has 1 aliphatic heterocycles. The maximum Gasteiger partial charge on any atom is 0.483 e. The zero-order valence-corrected chi connectivity index (χ0v) is 30.3. The van der Waals surface area contributed by atoms with Crippen LogP contribution < -0.4 is 31.2 Å². The molecule has 4 rings (SSSR count). The number of para-hydroxylation sites is 1. The summed E-state index contributed by atoms with van der Waals surface area (Å²) in [5.74, 6) is -0.192. The lowest BCUT2D eigenvalue weighted by molar-refractivity contribution is -0.140. The third-order valence-electron chi connectivity index (χ3n) is 8.05. The van der Waals surface area contributed by atoms with E-state index in [1.54, 1.807) is 70.5 Å². The van der Waals surface area contributed by atoms with Crippen molar-refractivity contribution in [1.29, 1.82) is 0 Å². The molecule has 7 N–H and O–H groups in total. The van der Waals surface area contributed by atoms with Crippen LogP contribution in [-0.2, 0) is 25.7 Å². The average molecular weight is 721 g/mol. The van der Waals surface area contributed by atoms with Crippen molar-refractivity contribution >= 4 is 53.5 Å². The van der Waals surface area contributed by atoms with Gasteiger partial charge in [0.05, 0.1) is 43.6 Å². The molecule has 1 atom stereocenters. The predicted molar refractivity (Wildman–Crippen MR) is 199 cm³/mol. The lowest BCUT2D eigenvalue weighted by Gasteiger charge is -2.17. The van der Waals surface area contributed by atoms with Gasteiger partial charge in [0.1, 0.15) is 6.29 Å². The van der Waals surface area contributed by atoms with Crippen LogP contribution in [0.1, 0.15) is 55.5 Å². The number of carbonyl (C=O) groups excluding carboxylic acids is 5. The van der Waals surface area contributed by atoms with Crippen LogP contribution in [0.15, 0.2) is 60.2 Å². The van der Waals surface area contributed by atoms with E-state index in [0.717, 1.165) is 24.9 Å². The molecule has 2 aromatic carbocycles. The highest BCUT2D eigenvalue weighted by atomic mass is 16.5. The van der Waals surface area contributed by atoms with Crippen LogP contribution in [0, 0.1) is 0 Å². The molecule has 280 valence electrons. The van der Waals surface area contributed by atoms with E-state index in [1.165, 1.54) is 6.20 Å². The molecule has 1 aliphatic rings. The number of hydrogen-bond acceptors (Lipinski definition) is 12. The maximum atomic E-state index is 12.1. The molecule has 1 aromatic heterocycles. The van der Waals surface area contributed by atoms with Crippen molar-refractivity contribution in [2.45, 2.75) is 52.1 Å². The van der Waals surface area contributed by atoms with Gasteiger partial charge in [-0.05, 0) is 88.5 Å². The summed E-state index contributed by atoms with van der Waals surface area (Å²) in [5, 5.41) is 25.2. The second-order valence-electron chi connectivity index (χ2n) is 11.7. The number of aldehydes is 1. The number of benzene rings is 2. The maximum absolute atomic E-state index is 12.1. The van der Waals surface area contributed by atoms with E-state index in [2.05, 4.69) is 20.9 Å². The van der Waals surface area contributed by atoms with Crippen molar-refractivity contribution in [2.24, 2.45) is 5.73 Å². The van der Waals surface area contributed by atoms with E-state index in [9.17, 15) is 24.0 Å². The summed E-state index contributed by atoms with van der Waals surface area (Å²) in [7, 11) is 3.72. The topological polar surface area (TPSA) is 223 Å². The Morgan fingerprint density at radius 2 is 1.81 bits per heavy atom. The number of nitrogens with one attached hydrogen (secondary N) is 3.